The van der Waals surface area contributed by atoms with E-state index in [1.165, 1.54) is 6.39 Å². The van der Waals surface area contributed by atoms with Gasteiger partial charge in [0.2, 0.25) is 12.3 Å². The van der Waals surface area contributed by atoms with Crippen molar-refractivity contribution in [2.24, 2.45) is 5.73 Å². The molecule has 1 amide bonds. The number of rotatable bonds is 6. The molecule has 0 saturated heterocycles. The summed E-state index contributed by atoms with van der Waals surface area (Å²) < 4.78 is 4.53. The van der Waals surface area contributed by atoms with Crippen molar-refractivity contribution in [2.75, 3.05) is 12.0 Å². The molecule has 1 aromatic rings. The second-order valence-corrected chi connectivity index (χ2v) is 3.94. The zero-order valence-electron chi connectivity index (χ0n) is 8.47. The summed E-state index contributed by atoms with van der Waals surface area (Å²) in [5.41, 5.74) is 5.65. The topological polar surface area (TPSA) is 94.0 Å². The summed E-state index contributed by atoms with van der Waals surface area (Å²) >= 11 is 1.66. The normalized spacial score (nSPS) is 12.4. The molecule has 3 N–H and O–H groups in total. The second-order valence-electron chi connectivity index (χ2n) is 2.95. The number of hydrogen-bond donors (Lipinski definition) is 2. The number of nitrogens with zero attached hydrogens (tertiary/aromatic N) is 2. The van der Waals surface area contributed by atoms with Gasteiger partial charge in [-0.15, -0.1) is 0 Å². The first-order valence-corrected chi connectivity index (χ1v) is 5.91. The Labute approximate surface area is 92.0 Å². The van der Waals surface area contributed by atoms with Crippen molar-refractivity contribution in [3.05, 3.63) is 12.2 Å². The first kappa shape index (κ1) is 12.0. The van der Waals surface area contributed by atoms with Gasteiger partial charge in [0.15, 0.2) is 5.82 Å². The molecule has 0 aromatic carbocycles. The Hall–Kier alpha value is -1.08. The molecule has 1 rings (SSSR count). The van der Waals surface area contributed by atoms with Crippen LogP contribution in [0.5, 0.6) is 0 Å². The molecule has 0 fully saturated rings. The van der Waals surface area contributed by atoms with E-state index in [0.717, 1.165) is 5.75 Å². The summed E-state index contributed by atoms with van der Waals surface area (Å²) in [6.07, 6.45) is 3.86. The third-order valence-electron chi connectivity index (χ3n) is 1.80. The SMILES string of the molecule is CSCC[C@H](N)C(=O)NCc1ncon1. The fourth-order valence-corrected chi connectivity index (χ4v) is 1.43. The van der Waals surface area contributed by atoms with Crippen molar-refractivity contribution < 1.29 is 9.32 Å². The zero-order valence-corrected chi connectivity index (χ0v) is 9.29. The van der Waals surface area contributed by atoms with Gasteiger partial charge < -0.3 is 15.6 Å². The Morgan fingerprint density at radius 1 is 1.80 bits per heavy atom. The van der Waals surface area contributed by atoms with Gasteiger partial charge in [0.05, 0.1) is 12.6 Å². The Balaban J connectivity index is 2.23. The van der Waals surface area contributed by atoms with Gasteiger partial charge >= 0.3 is 0 Å². The van der Waals surface area contributed by atoms with E-state index in [2.05, 4.69) is 20.0 Å². The summed E-state index contributed by atoms with van der Waals surface area (Å²) in [5.74, 6) is 1.13. The number of carbonyl (C=O) groups is 1. The van der Waals surface area contributed by atoms with Gasteiger partial charge in [-0.1, -0.05) is 5.16 Å². The third kappa shape index (κ3) is 4.30. The predicted molar refractivity (Wildman–Crippen MR) is 57.1 cm³/mol. The van der Waals surface area contributed by atoms with E-state index in [0.29, 0.717) is 12.2 Å². The van der Waals surface area contributed by atoms with Crippen molar-refractivity contribution in [2.45, 2.75) is 19.0 Å². The first-order valence-electron chi connectivity index (χ1n) is 4.51. The standard InChI is InChI=1S/C8H14N4O2S/c1-15-3-2-6(9)8(13)10-4-7-11-5-14-12-7/h5-6H,2-4,9H2,1H3,(H,10,13)/t6-/m0/s1. The fourth-order valence-electron chi connectivity index (χ4n) is 0.943. The van der Waals surface area contributed by atoms with Crippen molar-refractivity contribution in [1.29, 1.82) is 0 Å². The van der Waals surface area contributed by atoms with Crippen LogP contribution < -0.4 is 11.1 Å². The van der Waals surface area contributed by atoms with E-state index < -0.39 is 6.04 Å². The van der Waals surface area contributed by atoms with Crippen molar-refractivity contribution in [1.82, 2.24) is 15.5 Å². The molecular weight excluding hydrogens is 216 g/mol. The molecule has 7 heteroatoms. The number of nitrogens with two attached hydrogens (primary N) is 1. The highest BCUT2D eigenvalue weighted by Crippen LogP contribution is 1.98. The lowest BCUT2D eigenvalue weighted by Crippen LogP contribution is -2.40. The molecule has 0 saturated carbocycles. The van der Waals surface area contributed by atoms with Crippen molar-refractivity contribution in [3.8, 4) is 0 Å². The van der Waals surface area contributed by atoms with Crippen LogP contribution in [0.25, 0.3) is 0 Å². The molecular formula is C8H14N4O2S. The molecule has 0 bridgehead atoms. The van der Waals surface area contributed by atoms with Crippen LogP contribution >= 0.6 is 11.8 Å². The van der Waals surface area contributed by atoms with Crippen LogP contribution in [0.2, 0.25) is 0 Å². The van der Waals surface area contributed by atoms with Crippen LogP contribution in [-0.2, 0) is 11.3 Å². The van der Waals surface area contributed by atoms with Gasteiger partial charge in [0, 0.05) is 0 Å². The van der Waals surface area contributed by atoms with Crippen LogP contribution in [0, 0.1) is 0 Å². The molecule has 0 spiro atoms. The highest BCUT2D eigenvalue weighted by Gasteiger charge is 2.12. The van der Waals surface area contributed by atoms with Crippen LogP contribution in [0.1, 0.15) is 12.2 Å². The maximum Gasteiger partial charge on any atom is 0.237 e. The summed E-state index contributed by atoms with van der Waals surface area (Å²) in [7, 11) is 0. The highest BCUT2D eigenvalue weighted by molar-refractivity contribution is 7.98. The van der Waals surface area contributed by atoms with E-state index in [1.807, 2.05) is 6.26 Å². The fraction of sp³-hybridized carbons (Fsp3) is 0.625. The maximum atomic E-state index is 11.4. The number of thioether (sulfide) groups is 1. The van der Waals surface area contributed by atoms with Gasteiger partial charge in [-0.25, -0.2) is 0 Å². The molecule has 6 nitrogen and oxygen atoms in total. The molecule has 1 atom stereocenters. The van der Waals surface area contributed by atoms with Crippen LogP contribution in [-0.4, -0.2) is 34.1 Å². The number of carbonyl (C=O) groups excluding carboxylic acids is 1. The quantitative estimate of drug-likeness (QED) is 0.701. The van der Waals surface area contributed by atoms with Crippen LogP contribution in [0.4, 0.5) is 0 Å². The van der Waals surface area contributed by atoms with E-state index in [-0.39, 0.29) is 12.5 Å². The largest absolute Gasteiger partial charge is 0.347 e. The zero-order chi connectivity index (χ0) is 11.1. The highest BCUT2D eigenvalue weighted by atomic mass is 32.2. The molecule has 84 valence electrons. The Morgan fingerprint density at radius 2 is 2.60 bits per heavy atom. The molecule has 0 aliphatic carbocycles. The monoisotopic (exact) mass is 230 g/mol. The number of amides is 1. The average Bonchev–Trinajstić information content (AvgIpc) is 2.75. The van der Waals surface area contributed by atoms with Gasteiger partial charge in [-0.3, -0.25) is 4.79 Å². The van der Waals surface area contributed by atoms with Gasteiger partial charge in [0.1, 0.15) is 0 Å². The van der Waals surface area contributed by atoms with E-state index >= 15 is 0 Å². The number of aromatic nitrogens is 2. The predicted octanol–water partition coefficient (Wildman–Crippen LogP) is -0.234. The van der Waals surface area contributed by atoms with Crippen LogP contribution in [0.3, 0.4) is 0 Å². The third-order valence-corrected chi connectivity index (χ3v) is 2.44. The van der Waals surface area contributed by atoms with Gasteiger partial charge in [-0.05, 0) is 18.4 Å². The molecule has 1 heterocycles. The summed E-state index contributed by atoms with van der Waals surface area (Å²) in [6, 6.07) is -0.468. The Morgan fingerprint density at radius 3 is 3.20 bits per heavy atom. The minimum atomic E-state index is -0.468. The van der Waals surface area contributed by atoms with Crippen molar-refractivity contribution >= 4 is 17.7 Å². The lowest BCUT2D eigenvalue weighted by atomic mass is 10.2. The van der Waals surface area contributed by atoms with E-state index in [9.17, 15) is 4.79 Å². The molecule has 0 aliphatic heterocycles. The molecule has 0 aliphatic rings. The summed E-state index contributed by atoms with van der Waals surface area (Å²) in [4.78, 5) is 15.2. The molecule has 1 aromatic heterocycles. The molecule has 15 heavy (non-hydrogen) atoms. The Kier molecular flexibility index (Phi) is 5.13. The van der Waals surface area contributed by atoms with Crippen molar-refractivity contribution in [3.63, 3.8) is 0 Å². The van der Waals surface area contributed by atoms with Crippen LogP contribution in [0.15, 0.2) is 10.9 Å². The van der Waals surface area contributed by atoms with Gasteiger partial charge in [0.25, 0.3) is 0 Å². The lowest BCUT2D eigenvalue weighted by Gasteiger charge is -2.09. The van der Waals surface area contributed by atoms with E-state index in [1.54, 1.807) is 11.8 Å². The number of hydrogen-bond acceptors (Lipinski definition) is 6. The smallest absolute Gasteiger partial charge is 0.237 e. The molecule has 0 radical (unpaired) electrons. The maximum absolute atomic E-state index is 11.4. The minimum Gasteiger partial charge on any atom is -0.347 e. The van der Waals surface area contributed by atoms with Gasteiger partial charge in [-0.2, -0.15) is 16.7 Å². The summed E-state index contributed by atoms with van der Waals surface area (Å²) in [6.45, 7) is 0.252. The summed E-state index contributed by atoms with van der Waals surface area (Å²) in [5, 5.41) is 6.20. The second kappa shape index (κ2) is 6.41. The minimum absolute atomic E-state index is 0.186. The number of nitrogens with one attached hydrogen (secondary N) is 1. The van der Waals surface area contributed by atoms with E-state index in [4.69, 9.17) is 5.73 Å². The Bertz CT molecular complexity index is 291. The average molecular weight is 230 g/mol. The lowest BCUT2D eigenvalue weighted by molar-refractivity contribution is -0.122. The molecule has 0 unspecified atom stereocenters. The first-order chi connectivity index (χ1) is 7.24.